The van der Waals surface area contributed by atoms with E-state index in [1.807, 2.05) is 68.5 Å². The van der Waals surface area contributed by atoms with Gasteiger partial charge in [0.15, 0.2) is 0 Å². The minimum absolute atomic E-state index is 0.0287. The maximum absolute atomic E-state index is 8.81. The molecule has 1 aromatic carbocycles. The van der Waals surface area contributed by atoms with Crippen molar-refractivity contribution in [2.24, 2.45) is 0 Å². The number of allylic oxidation sites excluding steroid dienone is 5. The average molecular weight is 436 g/mol. The molecule has 3 aromatic heterocycles. The summed E-state index contributed by atoms with van der Waals surface area (Å²) in [6.45, 7) is 4.06. The van der Waals surface area contributed by atoms with Crippen LogP contribution in [-0.2, 0) is 4.74 Å². The molecule has 0 aliphatic rings. The molecule has 0 saturated heterocycles. The minimum atomic E-state index is 0.0287. The molecule has 0 N–H and O–H groups in total. The van der Waals surface area contributed by atoms with Gasteiger partial charge in [0.1, 0.15) is 52.8 Å². The first-order valence-electron chi connectivity index (χ1n) is 10.3. The molecule has 0 bridgehead atoms. The smallest absolute Gasteiger partial charge is 0.146 e. The zero-order chi connectivity index (χ0) is 23.2. The highest BCUT2D eigenvalue weighted by Crippen LogP contribution is 2.43. The lowest BCUT2D eigenvalue weighted by atomic mass is 9.98. The monoisotopic (exact) mass is 436 g/mol. The number of ether oxygens (including phenoxy) is 1. The number of benzene rings is 1. The molecule has 4 rings (SSSR count). The number of rotatable bonds is 7. The largest absolute Gasteiger partial charge is 0.489 e. The van der Waals surface area contributed by atoms with Gasteiger partial charge < -0.3 is 18.0 Å². The molecule has 33 heavy (non-hydrogen) atoms. The van der Waals surface area contributed by atoms with E-state index in [1.165, 1.54) is 6.08 Å². The van der Waals surface area contributed by atoms with Crippen LogP contribution in [0, 0.1) is 22.7 Å². The molecular weight excluding hydrogens is 416 g/mol. The fourth-order valence-corrected chi connectivity index (χ4v) is 3.63. The highest BCUT2D eigenvalue weighted by atomic mass is 16.5. The number of nitrogens with zero attached hydrogens (tertiary/aromatic N) is 2. The van der Waals surface area contributed by atoms with Crippen LogP contribution in [0.3, 0.4) is 0 Å². The Morgan fingerprint density at radius 3 is 2.48 bits per heavy atom. The van der Waals surface area contributed by atoms with Crippen LogP contribution < -0.4 is 0 Å². The molecule has 6 nitrogen and oxygen atoms in total. The predicted molar refractivity (Wildman–Crippen MR) is 126 cm³/mol. The van der Waals surface area contributed by atoms with Crippen LogP contribution >= 0.6 is 0 Å². The zero-order valence-electron chi connectivity index (χ0n) is 18.2. The van der Waals surface area contributed by atoms with Crippen LogP contribution in [0.1, 0.15) is 25.2 Å². The van der Waals surface area contributed by atoms with Gasteiger partial charge in [-0.1, -0.05) is 12.2 Å². The van der Waals surface area contributed by atoms with Gasteiger partial charge in [0.25, 0.3) is 0 Å². The first kappa shape index (κ1) is 21.5. The topological polar surface area (TPSA) is 96.2 Å². The van der Waals surface area contributed by atoms with Gasteiger partial charge >= 0.3 is 0 Å². The Bertz CT molecular complexity index is 1440. The molecule has 3 heterocycles. The Labute approximate surface area is 190 Å². The Hall–Kier alpha value is -4.68. The molecule has 0 unspecified atom stereocenters. The van der Waals surface area contributed by atoms with Crippen molar-refractivity contribution < 1.29 is 18.0 Å². The van der Waals surface area contributed by atoms with Gasteiger partial charge in [-0.25, -0.2) is 0 Å². The lowest BCUT2D eigenvalue weighted by molar-refractivity contribution is 0.319. The third kappa shape index (κ3) is 4.11. The Morgan fingerprint density at radius 2 is 1.76 bits per heavy atom. The third-order valence-corrected chi connectivity index (χ3v) is 5.01. The number of fused-ring (bicyclic) bond motifs is 2. The number of furan rings is 3. The summed E-state index contributed by atoms with van der Waals surface area (Å²) in [7, 11) is 0. The fourth-order valence-electron chi connectivity index (χ4n) is 3.63. The maximum atomic E-state index is 8.81. The van der Waals surface area contributed by atoms with E-state index in [9.17, 15) is 0 Å². The molecule has 6 heteroatoms. The van der Waals surface area contributed by atoms with E-state index in [4.69, 9.17) is 28.5 Å². The summed E-state index contributed by atoms with van der Waals surface area (Å²) in [4.78, 5) is 0. The summed E-state index contributed by atoms with van der Waals surface area (Å²) in [6, 6.07) is 11.2. The van der Waals surface area contributed by atoms with E-state index in [0.717, 1.165) is 27.7 Å². The highest BCUT2D eigenvalue weighted by Gasteiger charge is 2.24. The molecule has 0 spiro atoms. The Balaban J connectivity index is 1.76. The van der Waals surface area contributed by atoms with Crippen molar-refractivity contribution in [3.05, 3.63) is 84.1 Å². The van der Waals surface area contributed by atoms with Gasteiger partial charge in [-0.05, 0) is 62.4 Å². The second-order valence-corrected chi connectivity index (χ2v) is 6.97. The van der Waals surface area contributed by atoms with Gasteiger partial charge in [0, 0.05) is 10.8 Å². The summed E-state index contributed by atoms with van der Waals surface area (Å²) >= 11 is 0. The van der Waals surface area contributed by atoms with E-state index in [1.54, 1.807) is 24.7 Å². The lowest BCUT2D eigenvalue weighted by Gasteiger charge is -2.12. The summed E-state index contributed by atoms with van der Waals surface area (Å²) in [5, 5.41) is 19.3. The number of hydrogen-bond acceptors (Lipinski definition) is 6. The van der Waals surface area contributed by atoms with E-state index in [-0.39, 0.29) is 12.2 Å². The van der Waals surface area contributed by atoms with Gasteiger partial charge in [-0.2, -0.15) is 10.5 Å². The summed E-state index contributed by atoms with van der Waals surface area (Å²) in [5.74, 6) is 2.06. The van der Waals surface area contributed by atoms with Crippen LogP contribution in [-0.4, -0.2) is 6.61 Å². The molecule has 162 valence electrons. The summed E-state index contributed by atoms with van der Waals surface area (Å²) in [6.07, 6.45) is 13.7. The Morgan fingerprint density at radius 1 is 1.00 bits per heavy atom. The normalized spacial score (nSPS) is 11.9. The van der Waals surface area contributed by atoms with Crippen LogP contribution in [0.25, 0.3) is 45.1 Å². The van der Waals surface area contributed by atoms with E-state index in [2.05, 4.69) is 0 Å². The second kappa shape index (κ2) is 9.64. The van der Waals surface area contributed by atoms with Crippen LogP contribution in [0.2, 0.25) is 0 Å². The molecule has 0 aliphatic carbocycles. The van der Waals surface area contributed by atoms with E-state index in [0.29, 0.717) is 22.7 Å². The molecule has 0 atom stereocenters. The predicted octanol–water partition coefficient (Wildman–Crippen LogP) is 7.38. The lowest BCUT2D eigenvalue weighted by Crippen LogP contribution is -1.95. The van der Waals surface area contributed by atoms with Crippen LogP contribution in [0.4, 0.5) is 0 Å². The van der Waals surface area contributed by atoms with Crippen molar-refractivity contribution in [1.29, 1.82) is 10.5 Å². The van der Waals surface area contributed by atoms with Gasteiger partial charge in [-0.3, -0.25) is 0 Å². The van der Waals surface area contributed by atoms with Gasteiger partial charge in [0.05, 0.1) is 23.7 Å². The quantitative estimate of drug-likeness (QED) is 0.170. The third-order valence-electron chi connectivity index (χ3n) is 5.01. The van der Waals surface area contributed by atoms with Gasteiger partial charge in [0.2, 0.25) is 0 Å². The highest BCUT2D eigenvalue weighted by molar-refractivity contribution is 6.14. The molecule has 0 aliphatic heterocycles. The second-order valence-electron chi connectivity index (χ2n) is 6.97. The van der Waals surface area contributed by atoms with Gasteiger partial charge in [-0.15, -0.1) is 0 Å². The maximum Gasteiger partial charge on any atom is 0.146 e. The van der Waals surface area contributed by atoms with Crippen molar-refractivity contribution in [3.63, 3.8) is 0 Å². The molecule has 0 fully saturated rings. The fraction of sp³-hybridized carbons (Fsp3) is 0.111. The molecular formula is C27H20N2O4. The SMILES string of the molecule is C/C=C(\OC/C=C/C=C(C#N)C#N)c1c2ccoc2c(-c2ccc(/C=C/C)o2)c2ccoc12. The van der Waals surface area contributed by atoms with Crippen molar-refractivity contribution in [2.45, 2.75) is 13.8 Å². The first-order chi connectivity index (χ1) is 16.2. The van der Waals surface area contributed by atoms with Crippen molar-refractivity contribution in [1.82, 2.24) is 0 Å². The van der Waals surface area contributed by atoms with Crippen molar-refractivity contribution in [2.75, 3.05) is 6.61 Å². The molecule has 0 radical (unpaired) electrons. The molecule has 0 saturated carbocycles. The van der Waals surface area contributed by atoms with E-state index < -0.39 is 0 Å². The summed E-state index contributed by atoms with van der Waals surface area (Å²) in [5.41, 5.74) is 2.97. The number of hydrogen-bond donors (Lipinski definition) is 0. The van der Waals surface area contributed by atoms with Crippen LogP contribution in [0.5, 0.6) is 0 Å². The number of nitriles is 2. The minimum Gasteiger partial charge on any atom is -0.489 e. The zero-order valence-corrected chi connectivity index (χ0v) is 18.2. The van der Waals surface area contributed by atoms with Crippen LogP contribution in [0.15, 0.2) is 86.0 Å². The summed E-state index contributed by atoms with van der Waals surface area (Å²) < 4.78 is 23.8. The first-order valence-corrected chi connectivity index (χ1v) is 10.3. The van der Waals surface area contributed by atoms with E-state index >= 15 is 0 Å². The average Bonchev–Trinajstić information content (AvgIpc) is 3.59. The Kier molecular flexibility index (Phi) is 6.29. The standard InChI is InChI=1S/C27H20N2O4/c1-3-7-19-9-10-23(33-19)25-21-12-15-31-26(21)24(20-11-14-32-27(20)25)22(4-2)30-13-6-5-8-18(16-28)17-29/h3-12,14-15H,13H2,1-2H3/b6-5+,7-3+,22-4-. The van der Waals surface area contributed by atoms with Crippen molar-refractivity contribution in [3.8, 4) is 23.5 Å². The molecule has 4 aromatic rings. The molecule has 0 amide bonds. The van der Waals surface area contributed by atoms with Crippen molar-refractivity contribution >= 4 is 33.8 Å².